The first-order chi connectivity index (χ1) is 14.5. The van der Waals surface area contributed by atoms with Crippen LogP contribution >= 0.6 is 0 Å². The number of rotatable bonds is 6. The molecule has 0 spiro atoms. The molecule has 4 nitrogen and oxygen atoms in total. The Bertz CT molecular complexity index is 828. The number of piperidine rings is 1. The third kappa shape index (κ3) is 5.11. The van der Waals surface area contributed by atoms with Crippen LogP contribution in [0.1, 0.15) is 42.4 Å². The topological polar surface area (TPSA) is 43.8 Å². The highest BCUT2D eigenvalue weighted by atomic mass is 16.3. The molecular formula is C26H34N2O2. The first-order valence-corrected chi connectivity index (χ1v) is 11.4. The molecule has 0 radical (unpaired) electrons. The van der Waals surface area contributed by atoms with Gasteiger partial charge in [0.05, 0.1) is 6.54 Å². The van der Waals surface area contributed by atoms with Crippen molar-refractivity contribution < 1.29 is 9.90 Å². The van der Waals surface area contributed by atoms with Gasteiger partial charge < -0.3 is 14.9 Å². The molecule has 4 heteroatoms. The van der Waals surface area contributed by atoms with Crippen molar-refractivity contribution in [3.63, 3.8) is 0 Å². The van der Waals surface area contributed by atoms with E-state index in [1.807, 2.05) is 36.1 Å². The molecule has 0 bridgehead atoms. The maximum Gasteiger partial charge on any atom is 0.222 e. The number of carbonyl (C=O) groups is 1. The highest BCUT2D eigenvalue weighted by Gasteiger charge is 2.39. The monoisotopic (exact) mass is 406 g/mol. The number of hydrogen-bond donors (Lipinski definition) is 1. The van der Waals surface area contributed by atoms with E-state index in [1.165, 1.54) is 11.1 Å². The quantitative estimate of drug-likeness (QED) is 0.794. The van der Waals surface area contributed by atoms with Crippen molar-refractivity contribution in [3.05, 3.63) is 71.3 Å². The average molecular weight is 407 g/mol. The minimum absolute atomic E-state index is 0.209. The van der Waals surface area contributed by atoms with E-state index in [0.29, 0.717) is 31.8 Å². The molecule has 2 aromatic rings. The van der Waals surface area contributed by atoms with Gasteiger partial charge in [0, 0.05) is 19.5 Å². The number of likely N-dealkylation sites (tertiary alicyclic amines) is 2. The van der Waals surface area contributed by atoms with Crippen LogP contribution in [-0.2, 0) is 16.8 Å². The largest absolute Gasteiger partial charge is 0.383 e. The van der Waals surface area contributed by atoms with Gasteiger partial charge in [-0.15, -0.1) is 0 Å². The van der Waals surface area contributed by atoms with Crippen molar-refractivity contribution in [1.82, 2.24) is 9.80 Å². The molecule has 4 rings (SSSR count). The zero-order valence-corrected chi connectivity index (χ0v) is 18.1. The molecule has 2 saturated heterocycles. The van der Waals surface area contributed by atoms with Gasteiger partial charge in [-0.1, -0.05) is 60.2 Å². The van der Waals surface area contributed by atoms with E-state index >= 15 is 0 Å². The van der Waals surface area contributed by atoms with Gasteiger partial charge in [-0.3, -0.25) is 4.79 Å². The number of β-amino-alcohol motifs (C(OH)–C–C–N with tert-alkyl or cyclic N) is 1. The van der Waals surface area contributed by atoms with Crippen LogP contribution in [0.5, 0.6) is 0 Å². The Morgan fingerprint density at radius 3 is 2.43 bits per heavy atom. The van der Waals surface area contributed by atoms with Crippen molar-refractivity contribution in [2.75, 3.05) is 32.7 Å². The van der Waals surface area contributed by atoms with Gasteiger partial charge in [0.1, 0.15) is 5.60 Å². The van der Waals surface area contributed by atoms with Crippen LogP contribution in [0.4, 0.5) is 0 Å². The molecule has 2 aliphatic rings. The molecule has 2 aliphatic heterocycles. The number of hydrogen-bond acceptors (Lipinski definition) is 3. The third-order valence-electron chi connectivity index (χ3n) is 6.92. The Kier molecular flexibility index (Phi) is 6.55. The Labute approximate surface area is 180 Å². The van der Waals surface area contributed by atoms with Crippen LogP contribution in [-0.4, -0.2) is 53.5 Å². The highest BCUT2D eigenvalue weighted by Crippen LogP contribution is 2.33. The smallest absolute Gasteiger partial charge is 0.222 e. The molecule has 2 aromatic carbocycles. The van der Waals surface area contributed by atoms with Crippen molar-refractivity contribution >= 4 is 5.91 Å². The molecule has 1 unspecified atom stereocenters. The molecule has 1 amide bonds. The number of aryl methyl sites for hydroxylation is 1. The second kappa shape index (κ2) is 9.32. The molecule has 2 heterocycles. The van der Waals surface area contributed by atoms with Gasteiger partial charge in [-0.2, -0.15) is 0 Å². The Morgan fingerprint density at radius 2 is 1.73 bits per heavy atom. The van der Waals surface area contributed by atoms with E-state index in [2.05, 4.69) is 35.2 Å². The summed E-state index contributed by atoms with van der Waals surface area (Å²) in [5, 5.41) is 11.1. The Hall–Kier alpha value is -2.17. The summed E-state index contributed by atoms with van der Waals surface area (Å²) in [6.07, 6.45) is 4.53. The zero-order chi connectivity index (χ0) is 21.0. The molecule has 1 atom stereocenters. The van der Waals surface area contributed by atoms with Crippen LogP contribution in [0.3, 0.4) is 0 Å². The highest BCUT2D eigenvalue weighted by molar-refractivity contribution is 5.77. The van der Waals surface area contributed by atoms with Crippen LogP contribution in [0.25, 0.3) is 0 Å². The summed E-state index contributed by atoms with van der Waals surface area (Å²) < 4.78 is 0. The molecular weight excluding hydrogens is 372 g/mol. The second-order valence-electron chi connectivity index (χ2n) is 9.19. The normalized spacial score (nSPS) is 23.1. The van der Waals surface area contributed by atoms with Gasteiger partial charge in [0.2, 0.25) is 5.91 Å². The number of amides is 1. The number of carbonyl (C=O) groups excluding carboxylic acids is 1. The van der Waals surface area contributed by atoms with Gasteiger partial charge in [0.25, 0.3) is 0 Å². The van der Waals surface area contributed by atoms with Crippen molar-refractivity contribution in [3.8, 4) is 0 Å². The SMILES string of the molecule is Cc1ccc(C2(O)CCN(C(=O)CC3CCN(CCc4ccccc4)CC3)C2)cc1. The molecule has 30 heavy (non-hydrogen) atoms. The maximum absolute atomic E-state index is 12.9. The Balaban J connectivity index is 1.22. The summed E-state index contributed by atoms with van der Waals surface area (Å²) in [5.41, 5.74) is 2.60. The lowest BCUT2D eigenvalue weighted by molar-refractivity contribution is -0.132. The van der Waals surface area contributed by atoms with Crippen LogP contribution < -0.4 is 0 Å². The minimum Gasteiger partial charge on any atom is -0.383 e. The third-order valence-corrected chi connectivity index (χ3v) is 6.92. The molecule has 0 aromatic heterocycles. The van der Waals surface area contributed by atoms with E-state index in [1.54, 1.807) is 0 Å². The fraction of sp³-hybridized carbons (Fsp3) is 0.500. The van der Waals surface area contributed by atoms with Crippen molar-refractivity contribution in [2.45, 2.75) is 44.6 Å². The Morgan fingerprint density at radius 1 is 1.03 bits per heavy atom. The summed E-state index contributed by atoms with van der Waals surface area (Å²) in [4.78, 5) is 17.3. The fourth-order valence-electron chi connectivity index (χ4n) is 4.83. The summed E-state index contributed by atoms with van der Waals surface area (Å²) in [7, 11) is 0. The molecule has 0 saturated carbocycles. The van der Waals surface area contributed by atoms with E-state index in [4.69, 9.17) is 0 Å². The summed E-state index contributed by atoms with van der Waals surface area (Å²) >= 11 is 0. The first kappa shape index (κ1) is 21.1. The van der Waals surface area contributed by atoms with Crippen molar-refractivity contribution in [2.24, 2.45) is 5.92 Å². The van der Waals surface area contributed by atoms with Gasteiger partial charge >= 0.3 is 0 Å². The molecule has 0 aliphatic carbocycles. The molecule has 2 fully saturated rings. The summed E-state index contributed by atoms with van der Waals surface area (Å²) in [5.74, 6) is 0.680. The molecule has 160 valence electrons. The number of benzene rings is 2. The molecule has 1 N–H and O–H groups in total. The number of nitrogens with zero attached hydrogens (tertiary/aromatic N) is 2. The van der Waals surface area contributed by atoms with Crippen LogP contribution in [0.15, 0.2) is 54.6 Å². The predicted octanol–water partition coefficient (Wildman–Crippen LogP) is 3.76. The van der Waals surface area contributed by atoms with Crippen LogP contribution in [0, 0.1) is 12.8 Å². The van der Waals surface area contributed by atoms with E-state index < -0.39 is 5.60 Å². The van der Waals surface area contributed by atoms with Crippen molar-refractivity contribution in [1.29, 1.82) is 0 Å². The van der Waals surface area contributed by atoms with Crippen LogP contribution in [0.2, 0.25) is 0 Å². The lowest BCUT2D eigenvalue weighted by Gasteiger charge is -2.32. The lowest BCUT2D eigenvalue weighted by Crippen LogP contribution is -2.38. The predicted molar refractivity (Wildman–Crippen MR) is 120 cm³/mol. The first-order valence-electron chi connectivity index (χ1n) is 11.4. The summed E-state index contributed by atoms with van der Waals surface area (Å²) in [6.45, 7) is 6.38. The van der Waals surface area contributed by atoms with E-state index in [0.717, 1.165) is 44.5 Å². The fourth-order valence-corrected chi connectivity index (χ4v) is 4.83. The summed E-state index contributed by atoms with van der Waals surface area (Å²) in [6, 6.07) is 18.7. The van der Waals surface area contributed by atoms with Gasteiger partial charge in [-0.05, 0) is 62.7 Å². The maximum atomic E-state index is 12.9. The van der Waals surface area contributed by atoms with Gasteiger partial charge in [-0.25, -0.2) is 0 Å². The second-order valence-corrected chi connectivity index (χ2v) is 9.19. The van der Waals surface area contributed by atoms with E-state index in [-0.39, 0.29) is 5.91 Å². The average Bonchev–Trinajstić information content (AvgIpc) is 3.18. The minimum atomic E-state index is -0.899. The number of aliphatic hydroxyl groups is 1. The van der Waals surface area contributed by atoms with E-state index in [9.17, 15) is 9.90 Å². The zero-order valence-electron chi connectivity index (χ0n) is 18.1. The standard InChI is InChI=1S/C26H34N2O2/c1-21-7-9-24(10-8-21)26(30)14-18-28(20-26)25(29)19-23-12-16-27(17-13-23)15-11-22-5-3-2-4-6-22/h2-10,23,30H,11-20H2,1H3. The van der Waals surface area contributed by atoms with Gasteiger partial charge in [0.15, 0.2) is 0 Å². The lowest BCUT2D eigenvalue weighted by atomic mass is 9.92.